The molecule has 4 nitrogen and oxygen atoms in total. The summed E-state index contributed by atoms with van der Waals surface area (Å²) in [5, 5.41) is 15.8. The van der Waals surface area contributed by atoms with Crippen molar-refractivity contribution in [2.45, 2.75) is 56.9 Å². The SMILES string of the molecule is CNC1(CO)CCC(C(=O)NCCC2CCC2)CC1. The summed E-state index contributed by atoms with van der Waals surface area (Å²) in [6.07, 6.45) is 8.76. The summed E-state index contributed by atoms with van der Waals surface area (Å²) in [5.41, 5.74) is -0.150. The van der Waals surface area contributed by atoms with Gasteiger partial charge in [0.1, 0.15) is 0 Å². The highest BCUT2D eigenvalue weighted by Gasteiger charge is 2.35. The molecule has 0 radical (unpaired) electrons. The van der Waals surface area contributed by atoms with Crippen LogP contribution in [-0.4, -0.2) is 36.8 Å². The van der Waals surface area contributed by atoms with Crippen molar-refractivity contribution in [2.24, 2.45) is 11.8 Å². The standard InChI is InChI=1S/C15H28N2O2/c1-16-15(11-18)8-5-13(6-9-15)14(19)17-10-7-12-3-2-4-12/h12-13,16,18H,2-11H2,1H3,(H,17,19). The summed E-state index contributed by atoms with van der Waals surface area (Å²) in [5.74, 6) is 1.23. The van der Waals surface area contributed by atoms with Crippen LogP contribution < -0.4 is 10.6 Å². The fraction of sp³-hybridized carbons (Fsp3) is 0.933. The van der Waals surface area contributed by atoms with Gasteiger partial charge >= 0.3 is 0 Å². The number of likely N-dealkylation sites (N-methyl/N-ethyl adjacent to an activating group) is 1. The number of hydrogen-bond acceptors (Lipinski definition) is 3. The third-order valence-corrected chi connectivity index (χ3v) is 5.22. The molecule has 2 aliphatic rings. The van der Waals surface area contributed by atoms with Crippen LogP contribution in [-0.2, 0) is 4.79 Å². The molecule has 2 saturated carbocycles. The average Bonchev–Trinajstić information content (AvgIpc) is 2.41. The summed E-state index contributed by atoms with van der Waals surface area (Å²) in [4.78, 5) is 12.1. The number of aliphatic hydroxyl groups is 1. The minimum Gasteiger partial charge on any atom is -0.394 e. The molecule has 3 N–H and O–H groups in total. The van der Waals surface area contributed by atoms with E-state index in [2.05, 4.69) is 10.6 Å². The van der Waals surface area contributed by atoms with E-state index in [0.717, 1.165) is 44.6 Å². The Morgan fingerprint density at radius 3 is 2.42 bits per heavy atom. The Kier molecular flexibility index (Phi) is 5.22. The van der Waals surface area contributed by atoms with Crippen molar-refractivity contribution in [3.8, 4) is 0 Å². The number of carbonyl (C=O) groups is 1. The highest BCUT2D eigenvalue weighted by atomic mass is 16.3. The summed E-state index contributed by atoms with van der Waals surface area (Å²) in [6.45, 7) is 1.01. The number of hydrogen-bond donors (Lipinski definition) is 3. The summed E-state index contributed by atoms with van der Waals surface area (Å²) >= 11 is 0. The normalized spacial score (nSPS) is 31.8. The Bertz CT molecular complexity index is 289. The first-order valence-corrected chi connectivity index (χ1v) is 7.76. The molecule has 0 spiro atoms. The molecule has 0 heterocycles. The molecule has 2 fully saturated rings. The molecule has 0 aromatic heterocycles. The quantitative estimate of drug-likeness (QED) is 0.683. The van der Waals surface area contributed by atoms with Crippen molar-refractivity contribution in [3.05, 3.63) is 0 Å². The van der Waals surface area contributed by atoms with Gasteiger partial charge in [0.15, 0.2) is 0 Å². The van der Waals surface area contributed by atoms with E-state index in [0.29, 0.717) is 0 Å². The monoisotopic (exact) mass is 268 g/mol. The van der Waals surface area contributed by atoms with Gasteiger partial charge in [-0.15, -0.1) is 0 Å². The van der Waals surface area contributed by atoms with Crippen LogP contribution in [0.1, 0.15) is 51.4 Å². The van der Waals surface area contributed by atoms with Crippen molar-refractivity contribution >= 4 is 5.91 Å². The van der Waals surface area contributed by atoms with Gasteiger partial charge in [0.2, 0.25) is 5.91 Å². The van der Waals surface area contributed by atoms with Crippen molar-refractivity contribution in [1.29, 1.82) is 0 Å². The average molecular weight is 268 g/mol. The molecule has 0 aliphatic heterocycles. The van der Waals surface area contributed by atoms with Crippen LogP contribution in [0.5, 0.6) is 0 Å². The van der Waals surface area contributed by atoms with Gasteiger partial charge in [-0.05, 0) is 45.1 Å². The molecule has 0 saturated heterocycles. The Balaban J connectivity index is 1.66. The lowest BCUT2D eigenvalue weighted by molar-refractivity contribution is -0.126. The molecular formula is C15H28N2O2. The number of carbonyl (C=O) groups excluding carboxylic acids is 1. The molecule has 1 amide bonds. The molecule has 0 aromatic carbocycles. The lowest BCUT2D eigenvalue weighted by atomic mass is 9.76. The van der Waals surface area contributed by atoms with Crippen LogP contribution in [0.2, 0.25) is 0 Å². The Labute approximate surface area is 116 Å². The zero-order chi connectivity index (χ0) is 13.7. The van der Waals surface area contributed by atoms with Gasteiger partial charge in [-0.3, -0.25) is 4.79 Å². The lowest BCUT2D eigenvalue weighted by Gasteiger charge is -2.38. The third-order valence-electron chi connectivity index (χ3n) is 5.22. The minimum atomic E-state index is -0.150. The summed E-state index contributed by atoms with van der Waals surface area (Å²) in [7, 11) is 1.90. The first-order valence-electron chi connectivity index (χ1n) is 7.76. The highest BCUT2D eigenvalue weighted by molar-refractivity contribution is 5.78. The molecule has 2 aliphatic carbocycles. The smallest absolute Gasteiger partial charge is 0.223 e. The maximum Gasteiger partial charge on any atom is 0.223 e. The first-order chi connectivity index (χ1) is 9.19. The van der Waals surface area contributed by atoms with E-state index in [1.54, 1.807) is 0 Å². The van der Waals surface area contributed by atoms with Gasteiger partial charge < -0.3 is 15.7 Å². The maximum atomic E-state index is 12.1. The van der Waals surface area contributed by atoms with Crippen LogP contribution >= 0.6 is 0 Å². The van der Waals surface area contributed by atoms with Gasteiger partial charge in [-0.1, -0.05) is 19.3 Å². The fourth-order valence-electron chi connectivity index (χ4n) is 3.25. The largest absolute Gasteiger partial charge is 0.394 e. The van der Waals surface area contributed by atoms with Crippen LogP contribution in [0, 0.1) is 11.8 Å². The topological polar surface area (TPSA) is 61.4 Å². The van der Waals surface area contributed by atoms with E-state index in [1.807, 2.05) is 7.05 Å². The molecule has 0 unspecified atom stereocenters. The van der Waals surface area contributed by atoms with Crippen LogP contribution in [0.4, 0.5) is 0 Å². The van der Waals surface area contributed by atoms with Crippen molar-refractivity contribution in [1.82, 2.24) is 10.6 Å². The Morgan fingerprint density at radius 1 is 1.26 bits per heavy atom. The zero-order valence-corrected chi connectivity index (χ0v) is 12.1. The minimum absolute atomic E-state index is 0.148. The maximum absolute atomic E-state index is 12.1. The highest BCUT2D eigenvalue weighted by Crippen LogP contribution is 2.32. The summed E-state index contributed by atoms with van der Waals surface area (Å²) < 4.78 is 0. The first kappa shape index (κ1) is 14.8. The van der Waals surface area contributed by atoms with E-state index in [1.165, 1.54) is 19.3 Å². The predicted octanol–water partition coefficient (Wildman–Crippen LogP) is 1.43. The number of amides is 1. The molecule has 0 atom stereocenters. The van der Waals surface area contributed by atoms with Gasteiger partial charge in [0.05, 0.1) is 6.61 Å². The van der Waals surface area contributed by atoms with Gasteiger partial charge in [0.25, 0.3) is 0 Å². The fourth-order valence-corrected chi connectivity index (χ4v) is 3.25. The van der Waals surface area contributed by atoms with Gasteiger partial charge in [-0.25, -0.2) is 0 Å². The molecule has 0 bridgehead atoms. The van der Waals surface area contributed by atoms with Gasteiger partial charge in [-0.2, -0.15) is 0 Å². The van der Waals surface area contributed by atoms with Crippen LogP contribution in [0.3, 0.4) is 0 Å². The third kappa shape index (κ3) is 3.69. The molecular weight excluding hydrogens is 240 g/mol. The Morgan fingerprint density at radius 2 is 1.95 bits per heavy atom. The van der Waals surface area contributed by atoms with Crippen LogP contribution in [0.15, 0.2) is 0 Å². The molecule has 2 rings (SSSR count). The predicted molar refractivity (Wildman–Crippen MR) is 75.8 cm³/mol. The second kappa shape index (κ2) is 6.71. The van der Waals surface area contributed by atoms with E-state index in [-0.39, 0.29) is 24.0 Å². The second-order valence-corrected chi connectivity index (χ2v) is 6.34. The number of rotatable bonds is 6. The van der Waals surface area contributed by atoms with E-state index in [4.69, 9.17) is 0 Å². The number of aliphatic hydroxyl groups excluding tert-OH is 1. The van der Waals surface area contributed by atoms with E-state index >= 15 is 0 Å². The second-order valence-electron chi connectivity index (χ2n) is 6.34. The van der Waals surface area contributed by atoms with E-state index < -0.39 is 0 Å². The molecule has 4 heteroatoms. The molecule has 110 valence electrons. The Hall–Kier alpha value is -0.610. The van der Waals surface area contributed by atoms with Crippen molar-refractivity contribution < 1.29 is 9.90 Å². The zero-order valence-electron chi connectivity index (χ0n) is 12.1. The summed E-state index contributed by atoms with van der Waals surface area (Å²) in [6, 6.07) is 0. The number of nitrogens with one attached hydrogen (secondary N) is 2. The molecule has 0 aromatic rings. The van der Waals surface area contributed by atoms with Crippen LogP contribution in [0.25, 0.3) is 0 Å². The van der Waals surface area contributed by atoms with E-state index in [9.17, 15) is 9.90 Å². The van der Waals surface area contributed by atoms with Gasteiger partial charge in [0, 0.05) is 18.0 Å². The van der Waals surface area contributed by atoms with Crippen molar-refractivity contribution in [3.63, 3.8) is 0 Å². The lowest BCUT2D eigenvalue weighted by Crippen LogP contribution is -2.50. The van der Waals surface area contributed by atoms with Crippen molar-refractivity contribution in [2.75, 3.05) is 20.2 Å². The molecule has 19 heavy (non-hydrogen) atoms.